The minimum atomic E-state index is -0.984. The van der Waals surface area contributed by atoms with Gasteiger partial charge >= 0.3 is 6.09 Å². The van der Waals surface area contributed by atoms with E-state index in [0.717, 1.165) is 11.1 Å². The summed E-state index contributed by atoms with van der Waals surface area (Å²) >= 11 is 0. The van der Waals surface area contributed by atoms with Crippen molar-refractivity contribution in [3.05, 3.63) is 94.0 Å². The van der Waals surface area contributed by atoms with Crippen molar-refractivity contribution in [3.63, 3.8) is 0 Å². The molecular formula is C31H33NO4. The summed E-state index contributed by atoms with van der Waals surface area (Å²) in [5.74, 6) is 0.0253. The van der Waals surface area contributed by atoms with E-state index in [2.05, 4.69) is 69.3 Å². The smallest absolute Gasteiger partial charge is 0.410 e. The van der Waals surface area contributed by atoms with Gasteiger partial charge in [0, 0.05) is 18.8 Å². The fourth-order valence-electron chi connectivity index (χ4n) is 6.62. The number of aliphatic hydroxyl groups is 1. The molecule has 3 aliphatic rings. The standard InChI is InChI=1S/C31H33NO4/c1-19-12-21(3)29(13-20(19)2)31(34)14-22-16-35-17-23(15-31)32(22)30(33)36-18-28-26-10-6-4-8-24(26)25-9-5-7-11-27(25)28/h4-13,22-23,28,34H,14-18H2,1-3H3. The molecule has 1 amide bonds. The van der Waals surface area contributed by atoms with Crippen LogP contribution in [0.1, 0.15) is 52.1 Å². The summed E-state index contributed by atoms with van der Waals surface area (Å²) in [5, 5.41) is 11.8. The van der Waals surface area contributed by atoms with Crippen LogP contribution in [0.2, 0.25) is 0 Å². The second-order valence-electron chi connectivity index (χ2n) is 10.7. The molecule has 2 saturated heterocycles. The van der Waals surface area contributed by atoms with Gasteiger partial charge in [-0.3, -0.25) is 4.90 Å². The first-order valence-electron chi connectivity index (χ1n) is 12.9. The van der Waals surface area contributed by atoms with E-state index in [0.29, 0.717) is 32.7 Å². The van der Waals surface area contributed by atoms with Crippen LogP contribution in [-0.2, 0) is 15.1 Å². The molecule has 36 heavy (non-hydrogen) atoms. The van der Waals surface area contributed by atoms with Gasteiger partial charge in [-0.2, -0.15) is 0 Å². The van der Waals surface area contributed by atoms with Crippen LogP contribution in [0, 0.1) is 20.8 Å². The Balaban J connectivity index is 1.22. The molecule has 3 aromatic rings. The van der Waals surface area contributed by atoms with E-state index in [1.54, 1.807) is 0 Å². The zero-order valence-corrected chi connectivity index (χ0v) is 21.2. The van der Waals surface area contributed by atoms with E-state index in [9.17, 15) is 9.90 Å². The summed E-state index contributed by atoms with van der Waals surface area (Å²) in [5.41, 5.74) is 8.30. The van der Waals surface area contributed by atoms with Crippen LogP contribution in [-0.4, -0.2) is 48.0 Å². The lowest BCUT2D eigenvalue weighted by molar-refractivity contribution is -0.136. The van der Waals surface area contributed by atoms with Crippen LogP contribution < -0.4 is 0 Å². The van der Waals surface area contributed by atoms with Gasteiger partial charge < -0.3 is 14.6 Å². The predicted molar refractivity (Wildman–Crippen MR) is 139 cm³/mol. The lowest BCUT2D eigenvalue weighted by atomic mass is 9.75. The van der Waals surface area contributed by atoms with Crippen LogP contribution in [0.5, 0.6) is 0 Å². The van der Waals surface area contributed by atoms with Gasteiger partial charge in [0.2, 0.25) is 0 Å². The molecule has 2 atom stereocenters. The number of carbonyl (C=O) groups excluding carboxylic acids is 1. The molecule has 2 heterocycles. The average Bonchev–Trinajstić information content (AvgIpc) is 3.18. The Bertz CT molecular complexity index is 1270. The Morgan fingerprint density at radius 2 is 1.47 bits per heavy atom. The molecule has 2 bridgehead atoms. The molecule has 2 unspecified atom stereocenters. The zero-order chi connectivity index (χ0) is 25.0. The monoisotopic (exact) mass is 483 g/mol. The Hall–Kier alpha value is -3.15. The molecule has 0 radical (unpaired) electrons. The summed E-state index contributed by atoms with van der Waals surface area (Å²) in [4.78, 5) is 15.3. The van der Waals surface area contributed by atoms with Gasteiger partial charge in [0.25, 0.3) is 0 Å². The molecule has 2 fully saturated rings. The number of rotatable bonds is 3. The second-order valence-corrected chi connectivity index (χ2v) is 10.7. The third kappa shape index (κ3) is 3.73. The Kier molecular flexibility index (Phi) is 5.66. The molecule has 5 nitrogen and oxygen atoms in total. The van der Waals surface area contributed by atoms with Crippen molar-refractivity contribution in [1.82, 2.24) is 4.90 Å². The summed E-state index contributed by atoms with van der Waals surface area (Å²) in [6.45, 7) is 7.35. The number of hydrogen-bond acceptors (Lipinski definition) is 4. The van der Waals surface area contributed by atoms with Gasteiger partial charge in [-0.05, 0) is 65.3 Å². The quantitative estimate of drug-likeness (QED) is 0.526. The molecular weight excluding hydrogens is 450 g/mol. The van der Waals surface area contributed by atoms with E-state index >= 15 is 0 Å². The van der Waals surface area contributed by atoms with Crippen molar-refractivity contribution in [2.45, 2.75) is 57.2 Å². The highest BCUT2D eigenvalue weighted by atomic mass is 16.6. The largest absolute Gasteiger partial charge is 0.448 e. The van der Waals surface area contributed by atoms with Gasteiger partial charge in [0.05, 0.1) is 30.9 Å². The SMILES string of the molecule is Cc1cc(C)c(C2(O)CC3COCC(C2)N3C(=O)OCC2c3ccccc3-c3ccccc32)cc1C. The maximum absolute atomic E-state index is 13.5. The van der Waals surface area contributed by atoms with Gasteiger partial charge in [-0.1, -0.05) is 60.7 Å². The highest BCUT2D eigenvalue weighted by Crippen LogP contribution is 2.46. The van der Waals surface area contributed by atoms with Crippen LogP contribution >= 0.6 is 0 Å². The van der Waals surface area contributed by atoms with Crippen LogP contribution in [0.4, 0.5) is 4.79 Å². The lowest BCUT2D eigenvalue weighted by Gasteiger charge is -2.51. The van der Waals surface area contributed by atoms with Crippen molar-refractivity contribution in [2.75, 3.05) is 19.8 Å². The number of morpholine rings is 1. The highest BCUT2D eigenvalue weighted by Gasteiger charge is 2.50. The van der Waals surface area contributed by atoms with E-state index in [1.807, 2.05) is 17.0 Å². The molecule has 3 aromatic carbocycles. The van der Waals surface area contributed by atoms with Crippen molar-refractivity contribution in [3.8, 4) is 11.1 Å². The van der Waals surface area contributed by atoms with Gasteiger partial charge in [-0.25, -0.2) is 4.79 Å². The maximum Gasteiger partial charge on any atom is 0.410 e. The number of hydrogen-bond donors (Lipinski definition) is 1. The number of amides is 1. The van der Waals surface area contributed by atoms with Crippen LogP contribution in [0.3, 0.4) is 0 Å². The van der Waals surface area contributed by atoms with E-state index in [-0.39, 0.29) is 24.1 Å². The number of carbonyl (C=O) groups is 1. The lowest BCUT2D eigenvalue weighted by Crippen LogP contribution is -2.62. The summed E-state index contributed by atoms with van der Waals surface area (Å²) in [6.07, 6.45) is 0.572. The number of nitrogens with zero attached hydrogens (tertiary/aromatic N) is 1. The Morgan fingerprint density at radius 1 is 0.917 bits per heavy atom. The molecule has 0 saturated carbocycles. The van der Waals surface area contributed by atoms with Gasteiger partial charge in [-0.15, -0.1) is 0 Å². The van der Waals surface area contributed by atoms with Crippen molar-refractivity contribution < 1.29 is 19.4 Å². The second kappa shape index (κ2) is 8.75. The van der Waals surface area contributed by atoms with Crippen molar-refractivity contribution in [1.29, 1.82) is 0 Å². The van der Waals surface area contributed by atoms with E-state index in [4.69, 9.17) is 9.47 Å². The normalized spacial score (nSPS) is 24.8. The summed E-state index contributed by atoms with van der Waals surface area (Å²) < 4.78 is 11.8. The van der Waals surface area contributed by atoms with E-state index in [1.165, 1.54) is 33.4 Å². The van der Waals surface area contributed by atoms with Crippen LogP contribution in [0.15, 0.2) is 60.7 Å². The zero-order valence-electron chi connectivity index (χ0n) is 21.2. The van der Waals surface area contributed by atoms with Crippen molar-refractivity contribution in [2.24, 2.45) is 0 Å². The molecule has 1 N–H and O–H groups in total. The van der Waals surface area contributed by atoms with Crippen LogP contribution in [0.25, 0.3) is 11.1 Å². The van der Waals surface area contributed by atoms with E-state index < -0.39 is 5.60 Å². The molecule has 0 aromatic heterocycles. The molecule has 0 spiro atoms. The molecule has 2 aliphatic heterocycles. The first-order chi connectivity index (χ1) is 17.4. The number of benzene rings is 3. The maximum atomic E-state index is 13.5. The Labute approximate surface area is 212 Å². The van der Waals surface area contributed by atoms with Gasteiger partial charge in [0.1, 0.15) is 6.61 Å². The number of aryl methyl sites for hydroxylation is 3. The number of fused-ring (bicyclic) bond motifs is 5. The summed E-state index contributed by atoms with van der Waals surface area (Å²) in [6, 6.07) is 20.5. The minimum absolute atomic E-state index is 0.0253. The topological polar surface area (TPSA) is 59.0 Å². The third-order valence-electron chi connectivity index (χ3n) is 8.44. The summed E-state index contributed by atoms with van der Waals surface area (Å²) in [7, 11) is 0. The first kappa shape index (κ1) is 23.3. The first-order valence-corrected chi connectivity index (χ1v) is 12.9. The highest BCUT2D eigenvalue weighted by molar-refractivity contribution is 5.79. The van der Waals surface area contributed by atoms with Gasteiger partial charge in [0.15, 0.2) is 0 Å². The fourth-order valence-corrected chi connectivity index (χ4v) is 6.62. The molecule has 5 heteroatoms. The Morgan fingerprint density at radius 3 is 2.08 bits per heavy atom. The number of ether oxygens (including phenoxy) is 2. The fraction of sp³-hybridized carbons (Fsp3) is 0.387. The molecule has 186 valence electrons. The molecule has 6 rings (SSSR count). The minimum Gasteiger partial charge on any atom is -0.448 e. The third-order valence-corrected chi connectivity index (χ3v) is 8.44. The number of piperidine rings is 1. The van der Waals surface area contributed by atoms with Crippen molar-refractivity contribution >= 4 is 6.09 Å². The average molecular weight is 484 g/mol. The molecule has 1 aliphatic carbocycles. The predicted octanol–water partition coefficient (Wildman–Crippen LogP) is 5.61.